The number of nitrogens with one attached hydrogen (secondary N) is 1. The van der Waals surface area contributed by atoms with Crippen molar-refractivity contribution in [2.45, 2.75) is 38.5 Å². The lowest BCUT2D eigenvalue weighted by Crippen LogP contribution is -2.48. The van der Waals surface area contributed by atoms with Crippen LogP contribution >= 0.6 is 27.3 Å². The number of hydrogen-bond donors (Lipinski definition) is 1. The Labute approximate surface area is 183 Å². The Morgan fingerprint density at radius 1 is 1.38 bits per heavy atom. The first-order chi connectivity index (χ1) is 14.0. The molecule has 2 aromatic rings. The predicted molar refractivity (Wildman–Crippen MR) is 116 cm³/mol. The highest BCUT2D eigenvalue weighted by Crippen LogP contribution is 2.22. The summed E-state index contributed by atoms with van der Waals surface area (Å²) < 4.78 is 11.9. The quantitative estimate of drug-likeness (QED) is 0.622. The van der Waals surface area contributed by atoms with Gasteiger partial charge < -0.3 is 19.7 Å². The lowest BCUT2D eigenvalue weighted by Gasteiger charge is -2.28. The van der Waals surface area contributed by atoms with E-state index in [9.17, 15) is 9.59 Å². The van der Waals surface area contributed by atoms with Gasteiger partial charge >= 0.3 is 0 Å². The molecule has 0 aliphatic carbocycles. The number of methoxy groups -OCH3 is 1. The van der Waals surface area contributed by atoms with Crippen LogP contribution in [-0.2, 0) is 16.1 Å². The van der Waals surface area contributed by atoms with Crippen molar-refractivity contribution in [3.8, 4) is 5.75 Å². The summed E-state index contributed by atoms with van der Waals surface area (Å²) in [7, 11) is 1.62. The second-order valence-electron chi connectivity index (χ2n) is 7.00. The Morgan fingerprint density at radius 3 is 2.86 bits per heavy atom. The largest absolute Gasteiger partial charge is 0.497 e. The van der Waals surface area contributed by atoms with Crippen LogP contribution in [0.1, 0.15) is 35.0 Å². The molecule has 8 heteroatoms. The van der Waals surface area contributed by atoms with Crippen molar-refractivity contribution in [2.75, 3.05) is 20.3 Å². The van der Waals surface area contributed by atoms with Gasteiger partial charge in [0.2, 0.25) is 5.91 Å². The normalized spacial score (nSPS) is 17.0. The Bertz CT molecular complexity index is 851. The van der Waals surface area contributed by atoms with Gasteiger partial charge in [-0.05, 0) is 65.5 Å². The van der Waals surface area contributed by atoms with E-state index in [0.717, 1.165) is 34.5 Å². The van der Waals surface area contributed by atoms with Crippen molar-refractivity contribution in [2.24, 2.45) is 0 Å². The number of carbonyl (C=O) groups is 2. The summed E-state index contributed by atoms with van der Waals surface area (Å²) in [5.74, 6) is 0.365. The van der Waals surface area contributed by atoms with Crippen molar-refractivity contribution in [3.05, 3.63) is 50.6 Å². The molecular formula is C21H25BrN2O4S. The molecule has 0 bridgehead atoms. The first kappa shape index (κ1) is 21.8. The lowest BCUT2D eigenvalue weighted by molar-refractivity contribution is -0.135. The Hall–Kier alpha value is -1.90. The molecule has 0 radical (unpaired) electrons. The van der Waals surface area contributed by atoms with Crippen LogP contribution in [-0.4, -0.2) is 49.1 Å². The molecule has 0 saturated carbocycles. The monoisotopic (exact) mass is 480 g/mol. The number of hydrogen-bond acceptors (Lipinski definition) is 5. The fourth-order valence-electron chi connectivity index (χ4n) is 3.30. The minimum atomic E-state index is -0.643. The van der Waals surface area contributed by atoms with E-state index in [-0.39, 0.29) is 17.9 Å². The van der Waals surface area contributed by atoms with Crippen LogP contribution in [0.2, 0.25) is 0 Å². The number of ether oxygens (including phenoxy) is 2. The summed E-state index contributed by atoms with van der Waals surface area (Å²) >= 11 is 4.69. The van der Waals surface area contributed by atoms with E-state index >= 15 is 0 Å². The van der Waals surface area contributed by atoms with Gasteiger partial charge in [-0.25, -0.2) is 0 Å². The Kier molecular flexibility index (Phi) is 7.69. The van der Waals surface area contributed by atoms with Gasteiger partial charge in [-0.1, -0.05) is 12.1 Å². The van der Waals surface area contributed by atoms with Crippen molar-refractivity contribution >= 4 is 39.1 Å². The molecule has 6 nitrogen and oxygen atoms in total. The standard InChI is InChI=1S/C21H25BrN2O4S/c1-14(23-20(25)18-8-9-19(22)29-18)21(26)24(13-17-7-4-10-28-17)12-15-5-3-6-16(11-15)27-2/h3,5-6,8-9,11,14,17H,4,7,10,12-13H2,1-2H3,(H,23,25). The summed E-state index contributed by atoms with van der Waals surface area (Å²) in [5.41, 5.74) is 0.969. The zero-order valence-corrected chi connectivity index (χ0v) is 18.9. The van der Waals surface area contributed by atoms with E-state index in [1.54, 1.807) is 25.0 Å². The summed E-state index contributed by atoms with van der Waals surface area (Å²) in [6, 6.07) is 10.6. The van der Waals surface area contributed by atoms with E-state index < -0.39 is 6.04 Å². The summed E-state index contributed by atoms with van der Waals surface area (Å²) in [4.78, 5) is 28.0. The molecule has 1 aromatic carbocycles. The summed E-state index contributed by atoms with van der Waals surface area (Å²) in [5, 5.41) is 2.82. The van der Waals surface area contributed by atoms with E-state index in [4.69, 9.17) is 9.47 Å². The van der Waals surface area contributed by atoms with Crippen LogP contribution in [0, 0.1) is 0 Å². The highest BCUT2D eigenvalue weighted by atomic mass is 79.9. The third kappa shape index (κ3) is 6.04. The van der Waals surface area contributed by atoms with Crippen LogP contribution in [0.15, 0.2) is 40.2 Å². The Balaban J connectivity index is 1.70. The fraction of sp³-hybridized carbons (Fsp3) is 0.429. The SMILES string of the molecule is COc1cccc(CN(CC2CCCO2)C(=O)C(C)NC(=O)c2ccc(Br)s2)c1. The lowest BCUT2D eigenvalue weighted by atomic mass is 10.1. The van der Waals surface area contributed by atoms with E-state index in [2.05, 4.69) is 21.2 Å². The average molecular weight is 481 g/mol. The Morgan fingerprint density at radius 2 is 2.21 bits per heavy atom. The average Bonchev–Trinajstić information content (AvgIpc) is 3.38. The van der Waals surface area contributed by atoms with Gasteiger partial charge in [0.15, 0.2) is 0 Å². The number of nitrogens with zero attached hydrogens (tertiary/aromatic N) is 1. The molecule has 3 rings (SSSR count). The van der Waals surface area contributed by atoms with Crippen LogP contribution in [0.5, 0.6) is 5.75 Å². The van der Waals surface area contributed by atoms with Gasteiger partial charge in [-0.3, -0.25) is 9.59 Å². The van der Waals surface area contributed by atoms with Gasteiger partial charge in [0.1, 0.15) is 11.8 Å². The molecule has 1 saturated heterocycles. The molecule has 2 unspecified atom stereocenters. The minimum absolute atomic E-state index is 0.0284. The maximum absolute atomic E-state index is 13.2. The molecule has 1 fully saturated rings. The van der Waals surface area contributed by atoms with Crippen molar-refractivity contribution < 1.29 is 19.1 Å². The number of amides is 2. The second kappa shape index (κ2) is 10.2. The zero-order valence-electron chi connectivity index (χ0n) is 16.5. The number of benzene rings is 1. The molecule has 1 N–H and O–H groups in total. The number of carbonyl (C=O) groups excluding carboxylic acids is 2. The van der Waals surface area contributed by atoms with Gasteiger partial charge in [0.05, 0.1) is 21.9 Å². The molecule has 156 valence electrons. The molecule has 1 aromatic heterocycles. The third-order valence-electron chi connectivity index (χ3n) is 4.78. The highest BCUT2D eigenvalue weighted by Gasteiger charge is 2.27. The minimum Gasteiger partial charge on any atom is -0.497 e. The number of thiophene rings is 1. The van der Waals surface area contributed by atoms with E-state index in [1.807, 2.05) is 30.3 Å². The van der Waals surface area contributed by atoms with Crippen molar-refractivity contribution in [1.29, 1.82) is 0 Å². The summed E-state index contributed by atoms with van der Waals surface area (Å²) in [6.45, 7) is 3.38. The summed E-state index contributed by atoms with van der Waals surface area (Å²) in [6.07, 6.45) is 1.97. The highest BCUT2D eigenvalue weighted by molar-refractivity contribution is 9.11. The zero-order chi connectivity index (χ0) is 20.8. The predicted octanol–water partition coefficient (Wildman–Crippen LogP) is 3.85. The van der Waals surface area contributed by atoms with Crippen LogP contribution in [0.3, 0.4) is 0 Å². The molecule has 1 aliphatic rings. The van der Waals surface area contributed by atoms with Crippen molar-refractivity contribution in [3.63, 3.8) is 0 Å². The molecule has 29 heavy (non-hydrogen) atoms. The smallest absolute Gasteiger partial charge is 0.262 e. The first-order valence-corrected chi connectivity index (χ1v) is 11.2. The maximum atomic E-state index is 13.2. The molecule has 2 heterocycles. The number of rotatable bonds is 8. The number of halogens is 1. The molecule has 0 spiro atoms. The van der Waals surface area contributed by atoms with Gasteiger partial charge in [0, 0.05) is 19.7 Å². The molecule has 2 atom stereocenters. The van der Waals surface area contributed by atoms with Crippen LogP contribution in [0.4, 0.5) is 0 Å². The van der Waals surface area contributed by atoms with Crippen LogP contribution < -0.4 is 10.1 Å². The van der Waals surface area contributed by atoms with Gasteiger partial charge in [-0.2, -0.15) is 0 Å². The molecular weight excluding hydrogens is 456 g/mol. The fourth-order valence-corrected chi connectivity index (χ4v) is 4.59. The van der Waals surface area contributed by atoms with E-state index in [1.165, 1.54) is 11.3 Å². The topological polar surface area (TPSA) is 67.9 Å². The maximum Gasteiger partial charge on any atom is 0.262 e. The van der Waals surface area contributed by atoms with E-state index in [0.29, 0.717) is 18.0 Å². The molecule has 1 aliphatic heterocycles. The molecule has 2 amide bonds. The second-order valence-corrected chi connectivity index (χ2v) is 9.47. The van der Waals surface area contributed by atoms with Gasteiger partial charge in [0.25, 0.3) is 5.91 Å². The van der Waals surface area contributed by atoms with Crippen molar-refractivity contribution in [1.82, 2.24) is 10.2 Å². The van der Waals surface area contributed by atoms with Gasteiger partial charge in [-0.15, -0.1) is 11.3 Å². The third-order valence-corrected chi connectivity index (χ3v) is 6.40. The van der Waals surface area contributed by atoms with Crippen LogP contribution in [0.25, 0.3) is 0 Å². The first-order valence-electron chi connectivity index (χ1n) is 9.56.